The first kappa shape index (κ1) is 16.1. The Morgan fingerprint density at radius 1 is 1.35 bits per heavy atom. The topological polar surface area (TPSA) is 83.3 Å². The summed E-state index contributed by atoms with van der Waals surface area (Å²) in [5, 5.41) is 4.78. The summed E-state index contributed by atoms with van der Waals surface area (Å²) in [6, 6.07) is 3.77. The summed E-state index contributed by atoms with van der Waals surface area (Å²) in [4.78, 5) is 16.6. The number of pyridine rings is 1. The highest BCUT2D eigenvalue weighted by Gasteiger charge is 2.20. The molecule has 0 N–H and O–H groups in total. The molecule has 26 heavy (non-hydrogen) atoms. The number of aryl methyl sites for hydroxylation is 2. The van der Waals surface area contributed by atoms with Crippen LogP contribution >= 0.6 is 0 Å². The number of fused-ring (bicyclic) bond motifs is 3. The minimum Gasteiger partial charge on any atom is -0.496 e. The van der Waals surface area contributed by atoms with Crippen LogP contribution in [0.2, 0.25) is 0 Å². The van der Waals surface area contributed by atoms with E-state index in [9.17, 15) is 4.79 Å². The van der Waals surface area contributed by atoms with Crippen molar-refractivity contribution < 1.29 is 13.7 Å². The Bertz CT molecular complexity index is 1190. The van der Waals surface area contributed by atoms with Crippen molar-refractivity contribution in [2.24, 2.45) is 0 Å². The summed E-state index contributed by atoms with van der Waals surface area (Å²) in [5.41, 5.74) is 4.30. The molecule has 0 amide bonds. The second kappa shape index (κ2) is 5.87. The third-order valence-electron chi connectivity index (χ3n) is 4.43. The maximum atomic E-state index is 12.1. The standard InChI is InChI=1S/C19H17N3O4/c1-5-6-22-18-12-8-15(24-4)13(17-10(2)21-26-11(17)3)7-14(12)20-9-16(18)25-19(22)23/h5,7-9H,1,6H2,2-4H3. The van der Waals surface area contributed by atoms with Gasteiger partial charge in [-0.3, -0.25) is 9.55 Å². The predicted molar refractivity (Wildman–Crippen MR) is 97.5 cm³/mol. The van der Waals surface area contributed by atoms with Crippen molar-refractivity contribution >= 4 is 22.0 Å². The summed E-state index contributed by atoms with van der Waals surface area (Å²) >= 11 is 0. The van der Waals surface area contributed by atoms with Crippen LogP contribution in [0.3, 0.4) is 0 Å². The number of aromatic nitrogens is 3. The lowest BCUT2D eigenvalue weighted by atomic mass is 10.0. The first-order valence-corrected chi connectivity index (χ1v) is 8.09. The van der Waals surface area contributed by atoms with Gasteiger partial charge in [-0.15, -0.1) is 6.58 Å². The van der Waals surface area contributed by atoms with E-state index in [-0.39, 0.29) is 0 Å². The molecule has 0 fully saturated rings. The van der Waals surface area contributed by atoms with Crippen LogP contribution in [0.4, 0.5) is 0 Å². The lowest BCUT2D eigenvalue weighted by Gasteiger charge is -2.11. The van der Waals surface area contributed by atoms with Gasteiger partial charge in [0.05, 0.1) is 30.1 Å². The fraction of sp³-hybridized carbons (Fsp3) is 0.211. The molecule has 0 unspecified atom stereocenters. The fourth-order valence-corrected chi connectivity index (χ4v) is 3.31. The lowest BCUT2D eigenvalue weighted by Crippen LogP contribution is -2.12. The van der Waals surface area contributed by atoms with Crippen molar-refractivity contribution in [3.63, 3.8) is 0 Å². The number of hydrogen-bond acceptors (Lipinski definition) is 6. The quantitative estimate of drug-likeness (QED) is 0.522. The van der Waals surface area contributed by atoms with Crippen LogP contribution in [-0.2, 0) is 6.54 Å². The van der Waals surface area contributed by atoms with E-state index in [1.54, 1.807) is 19.4 Å². The molecule has 4 aromatic rings. The van der Waals surface area contributed by atoms with Gasteiger partial charge in [0.15, 0.2) is 5.58 Å². The molecule has 0 spiro atoms. The van der Waals surface area contributed by atoms with Crippen LogP contribution < -0.4 is 10.5 Å². The Balaban J connectivity index is 2.11. The Morgan fingerprint density at radius 2 is 2.15 bits per heavy atom. The van der Waals surface area contributed by atoms with Gasteiger partial charge in [-0.2, -0.15) is 0 Å². The largest absolute Gasteiger partial charge is 0.496 e. The molecular weight excluding hydrogens is 334 g/mol. The molecule has 7 heteroatoms. The zero-order chi connectivity index (χ0) is 18.4. The lowest BCUT2D eigenvalue weighted by molar-refractivity contribution is 0.393. The van der Waals surface area contributed by atoms with Crippen LogP contribution in [-0.4, -0.2) is 21.8 Å². The third-order valence-corrected chi connectivity index (χ3v) is 4.43. The highest BCUT2D eigenvalue weighted by Crippen LogP contribution is 2.38. The molecule has 0 aliphatic heterocycles. The van der Waals surface area contributed by atoms with E-state index in [4.69, 9.17) is 13.7 Å². The van der Waals surface area contributed by atoms with Crippen LogP contribution in [0.5, 0.6) is 5.75 Å². The van der Waals surface area contributed by atoms with Crippen LogP contribution in [0.25, 0.3) is 33.1 Å². The average Bonchev–Trinajstić information content (AvgIpc) is 3.13. The second-order valence-electron chi connectivity index (χ2n) is 6.01. The van der Waals surface area contributed by atoms with E-state index in [1.165, 1.54) is 4.57 Å². The molecule has 0 saturated carbocycles. The van der Waals surface area contributed by atoms with Crippen molar-refractivity contribution in [3.05, 3.63) is 53.0 Å². The van der Waals surface area contributed by atoms with Gasteiger partial charge >= 0.3 is 5.76 Å². The highest BCUT2D eigenvalue weighted by molar-refractivity contribution is 6.04. The smallest absolute Gasteiger partial charge is 0.420 e. The van der Waals surface area contributed by atoms with Gasteiger partial charge < -0.3 is 13.7 Å². The van der Waals surface area contributed by atoms with Crippen LogP contribution in [0.1, 0.15) is 11.5 Å². The second-order valence-corrected chi connectivity index (χ2v) is 6.01. The molecule has 0 aliphatic rings. The normalized spacial score (nSPS) is 11.3. The number of benzene rings is 1. The summed E-state index contributed by atoms with van der Waals surface area (Å²) < 4.78 is 17.7. The maximum absolute atomic E-state index is 12.1. The SMILES string of the molecule is C=CCn1c(=O)oc2cnc3cc(-c4c(C)noc4C)c(OC)cc3c21. The molecule has 3 heterocycles. The monoisotopic (exact) mass is 351 g/mol. The van der Waals surface area contributed by atoms with Crippen molar-refractivity contribution in [1.29, 1.82) is 0 Å². The van der Waals surface area contributed by atoms with Crippen molar-refractivity contribution in [3.8, 4) is 16.9 Å². The molecule has 0 bridgehead atoms. The first-order valence-electron chi connectivity index (χ1n) is 8.09. The first-order chi connectivity index (χ1) is 12.5. The van der Waals surface area contributed by atoms with Crippen LogP contribution in [0, 0.1) is 13.8 Å². The van der Waals surface area contributed by atoms with E-state index in [1.807, 2.05) is 26.0 Å². The Labute approximate surface area is 148 Å². The number of allylic oxidation sites excluding steroid dienone is 1. The van der Waals surface area contributed by atoms with Gasteiger partial charge in [0.2, 0.25) is 0 Å². The zero-order valence-corrected chi connectivity index (χ0v) is 14.7. The summed E-state index contributed by atoms with van der Waals surface area (Å²) in [6.07, 6.45) is 3.21. The number of oxazole rings is 1. The molecule has 0 saturated heterocycles. The van der Waals surface area contributed by atoms with Gasteiger partial charge in [0, 0.05) is 17.5 Å². The van der Waals surface area contributed by atoms with Gasteiger partial charge in [0.1, 0.15) is 17.0 Å². The molecule has 1 aromatic carbocycles. The van der Waals surface area contributed by atoms with Crippen LogP contribution in [0.15, 0.2) is 44.7 Å². The van der Waals surface area contributed by atoms with Gasteiger partial charge in [-0.25, -0.2) is 4.79 Å². The van der Waals surface area contributed by atoms with E-state index in [0.29, 0.717) is 34.7 Å². The summed E-state index contributed by atoms with van der Waals surface area (Å²) in [6.45, 7) is 7.79. The number of rotatable bonds is 4. The zero-order valence-electron chi connectivity index (χ0n) is 14.7. The van der Waals surface area contributed by atoms with Gasteiger partial charge in [0.25, 0.3) is 0 Å². The average molecular weight is 351 g/mol. The molecule has 7 nitrogen and oxygen atoms in total. The highest BCUT2D eigenvalue weighted by atomic mass is 16.5. The predicted octanol–water partition coefficient (Wildman–Crippen LogP) is 3.61. The van der Waals surface area contributed by atoms with Crippen molar-refractivity contribution in [2.45, 2.75) is 20.4 Å². The number of methoxy groups -OCH3 is 1. The number of hydrogen-bond donors (Lipinski definition) is 0. The molecule has 132 valence electrons. The molecule has 0 atom stereocenters. The molecule has 0 aliphatic carbocycles. The minimum absolute atomic E-state index is 0.346. The fourth-order valence-electron chi connectivity index (χ4n) is 3.31. The molecule has 4 rings (SSSR count). The Kier molecular flexibility index (Phi) is 3.64. The summed E-state index contributed by atoms with van der Waals surface area (Å²) in [5.74, 6) is 0.899. The number of ether oxygens (including phenoxy) is 1. The van der Waals surface area contributed by atoms with Crippen molar-refractivity contribution in [1.82, 2.24) is 14.7 Å². The third kappa shape index (κ3) is 2.24. The molecule has 3 aromatic heterocycles. The maximum Gasteiger partial charge on any atom is 0.420 e. The van der Waals surface area contributed by atoms with Crippen molar-refractivity contribution in [2.75, 3.05) is 7.11 Å². The van der Waals surface area contributed by atoms with E-state index < -0.39 is 5.76 Å². The van der Waals surface area contributed by atoms with Gasteiger partial charge in [-0.05, 0) is 26.0 Å². The van der Waals surface area contributed by atoms with E-state index >= 15 is 0 Å². The van der Waals surface area contributed by atoms with Gasteiger partial charge in [-0.1, -0.05) is 11.2 Å². The minimum atomic E-state index is -0.442. The Hall–Kier alpha value is -3.35. The van der Waals surface area contributed by atoms with E-state index in [2.05, 4.69) is 16.7 Å². The Morgan fingerprint density at radius 3 is 2.81 bits per heavy atom. The molecular formula is C19H17N3O4. The van der Waals surface area contributed by atoms with E-state index in [0.717, 1.165) is 22.2 Å². The number of nitrogens with zero attached hydrogens (tertiary/aromatic N) is 3. The molecule has 0 radical (unpaired) electrons. The summed E-state index contributed by atoms with van der Waals surface area (Å²) in [7, 11) is 1.60.